The lowest BCUT2D eigenvalue weighted by Gasteiger charge is -2.13. The quantitative estimate of drug-likeness (QED) is 0.573. The predicted octanol–water partition coefficient (Wildman–Crippen LogP) is 0.837. The van der Waals surface area contributed by atoms with E-state index >= 15 is 0 Å². The van der Waals surface area contributed by atoms with E-state index in [1.165, 1.54) is 11.7 Å². The van der Waals surface area contributed by atoms with Crippen LogP contribution in [0.5, 0.6) is 0 Å². The van der Waals surface area contributed by atoms with Crippen molar-refractivity contribution in [1.82, 2.24) is 9.78 Å². The molecule has 9 heteroatoms. The minimum atomic E-state index is -0.822. The van der Waals surface area contributed by atoms with E-state index in [4.69, 9.17) is 0 Å². The average molecular weight is 241 g/mol. The lowest BCUT2D eigenvalue weighted by Crippen LogP contribution is -2.21. The summed E-state index contributed by atoms with van der Waals surface area (Å²) in [6.45, 7) is 1.33. The van der Waals surface area contributed by atoms with Crippen molar-refractivity contribution in [3.05, 3.63) is 20.2 Å². The zero-order chi connectivity index (χ0) is 12.6. The first-order valence-electron chi connectivity index (χ1n) is 5.13. The van der Waals surface area contributed by atoms with Crippen LogP contribution in [-0.2, 0) is 7.05 Å². The molecule has 0 radical (unpaired) electrons. The van der Waals surface area contributed by atoms with Crippen molar-refractivity contribution in [2.24, 2.45) is 7.05 Å². The lowest BCUT2D eigenvalue weighted by molar-refractivity contribution is -0.424. The average Bonchev–Trinajstić information content (AvgIpc) is 2.83. The van der Waals surface area contributed by atoms with Crippen molar-refractivity contribution in [3.8, 4) is 0 Å². The summed E-state index contributed by atoms with van der Waals surface area (Å²) in [4.78, 5) is 21.9. The van der Waals surface area contributed by atoms with Crippen LogP contribution >= 0.6 is 0 Å². The monoisotopic (exact) mass is 241 g/mol. The molecule has 0 aromatic carbocycles. The molecular weight excluding hydrogens is 230 g/mol. The van der Waals surface area contributed by atoms with Gasteiger partial charge in [0.25, 0.3) is 0 Å². The molecule has 1 aromatic heterocycles. The van der Waals surface area contributed by atoms with E-state index in [0.717, 1.165) is 12.8 Å². The highest BCUT2D eigenvalue weighted by Crippen LogP contribution is 2.37. The summed E-state index contributed by atoms with van der Waals surface area (Å²) < 4.78 is 1.21. The lowest BCUT2D eigenvalue weighted by atomic mass is 10.4. The Kier molecular flexibility index (Phi) is 2.66. The molecule has 0 atom stereocenters. The highest BCUT2D eigenvalue weighted by molar-refractivity contribution is 5.67. The van der Waals surface area contributed by atoms with Gasteiger partial charge in [0.15, 0.2) is 0 Å². The molecule has 1 aromatic rings. The molecular formula is C8H11N5O4. The van der Waals surface area contributed by atoms with Crippen molar-refractivity contribution in [2.45, 2.75) is 12.8 Å². The fourth-order valence-corrected chi connectivity index (χ4v) is 2.06. The predicted molar refractivity (Wildman–Crippen MR) is 58.0 cm³/mol. The first kappa shape index (κ1) is 11.3. The fourth-order valence-electron chi connectivity index (χ4n) is 2.06. The Morgan fingerprint density at radius 1 is 1.18 bits per heavy atom. The van der Waals surface area contributed by atoms with E-state index < -0.39 is 21.4 Å². The van der Waals surface area contributed by atoms with Crippen LogP contribution in [0.1, 0.15) is 12.8 Å². The highest BCUT2D eigenvalue weighted by Gasteiger charge is 2.39. The zero-order valence-electron chi connectivity index (χ0n) is 9.20. The Hall–Kier alpha value is -2.19. The van der Waals surface area contributed by atoms with E-state index in [1.807, 2.05) is 0 Å². The van der Waals surface area contributed by atoms with E-state index in [0.29, 0.717) is 13.1 Å². The van der Waals surface area contributed by atoms with Crippen LogP contribution in [0, 0.1) is 20.2 Å². The van der Waals surface area contributed by atoms with Crippen molar-refractivity contribution in [1.29, 1.82) is 0 Å². The molecule has 1 saturated heterocycles. The zero-order valence-corrected chi connectivity index (χ0v) is 9.20. The van der Waals surface area contributed by atoms with Gasteiger partial charge >= 0.3 is 11.5 Å². The van der Waals surface area contributed by atoms with E-state index in [2.05, 4.69) is 5.10 Å². The Morgan fingerprint density at radius 3 is 2.24 bits per heavy atom. The van der Waals surface area contributed by atoms with Crippen LogP contribution in [0.3, 0.4) is 0 Å². The number of nitro groups is 2. The maximum Gasteiger partial charge on any atom is 0.470 e. The molecule has 0 N–H and O–H groups in total. The normalized spacial score (nSPS) is 15.2. The molecule has 0 bridgehead atoms. The van der Waals surface area contributed by atoms with Gasteiger partial charge in [-0.3, -0.25) is 10.1 Å². The van der Waals surface area contributed by atoms with E-state index in [1.54, 1.807) is 4.90 Å². The Bertz CT molecular complexity index is 477. The Balaban J connectivity index is 2.56. The van der Waals surface area contributed by atoms with Gasteiger partial charge in [0, 0.05) is 13.1 Å². The maximum absolute atomic E-state index is 10.9. The number of hydrogen-bond acceptors (Lipinski definition) is 6. The second kappa shape index (κ2) is 4.00. The number of aryl methyl sites for hydroxylation is 1. The van der Waals surface area contributed by atoms with Gasteiger partial charge in [-0.2, -0.15) is 4.68 Å². The molecule has 92 valence electrons. The Labute approximate surface area is 95.9 Å². The largest absolute Gasteiger partial charge is 0.470 e. The van der Waals surface area contributed by atoms with Crippen LogP contribution in [-0.4, -0.2) is 32.7 Å². The summed E-state index contributed by atoms with van der Waals surface area (Å²) in [6.07, 6.45) is 1.85. The summed E-state index contributed by atoms with van der Waals surface area (Å²) in [7, 11) is 1.48. The van der Waals surface area contributed by atoms with Gasteiger partial charge in [-0.05, 0) is 17.8 Å². The molecule has 0 spiro atoms. The topological polar surface area (TPSA) is 107 Å². The van der Waals surface area contributed by atoms with Crippen molar-refractivity contribution in [2.75, 3.05) is 18.0 Å². The van der Waals surface area contributed by atoms with Gasteiger partial charge in [-0.1, -0.05) is 0 Å². The number of anilines is 1. The molecule has 0 amide bonds. The van der Waals surface area contributed by atoms with Gasteiger partial charge in [-0.15, -0.1) is 0 Å². The van der Waals surface area contributed by atoms with Gasteiger partial charge < -0.3 is 15.0 Å². The molecule has 1 aliphatic heterocycles. The molecule has 2 heterocycles. The number of hydrogen-bond donors (Lipinski definition) is 0. The standard InChI is InChI=1S/C8H11N5O4/c1-10-8(11-4-2-3-5-11)6(12(14)15)7(9-10)13(16)17/h2-5H2,1H3. The second-order valence-corrected chi connectivity index (χ2v) is 3.83. The summed E-state index contributed by atoms with van der Waals surface area (Å²) in [5, 5.41) is 25.3. The molecule has 17 heavy (non-hydrogen) atoms. The molecule has 0 unspecified atom stereocenters. The smallest absolute Gasteiger partial charge is 0.358 e. The molecule has 1 aliphatic rings. The van der Waals surface area contributed by atoms with Crippen LogP contribution in [0.25, 0.3) is 0 Å². The number of aromatic nitrogens is 2. The molecule has 0 aliphatic carbocycles. The van der Waals surface area contributed by atoms with Crippen LogP contribution in [0.2, 0.25) is 0 Å². The first-order valence-corrected chi connectivity index (χ1v) is 5.13. The third-order valence-corrected chi connectivity index (χ3v) is 2.74. The maximum atomic E-state index is 10.9. The van der Waals surface area contributed by atoms with Gasteiger partial charge in [0.05, 0.1) is 17.1 Å². The second-order valence-electron chi connectivity index (χ2n) is 3.83. The van der Waals surface area contributed by atoms with Crippen molar-refractivity contribution < 1.29 is 9.85 Å². The van der Waals surface area contributed by atoms with Gasteiger partial charge in [0.1, 0.15) is 0 Å². The molecule has 0 saturated carbocycles. The third kappa shape index (κ3) is 1.79. The molecule has 1 fully saturated rings. The summed E-state index contributed by atoms with van der Waals surface area (Å²) >= 11 is 0. The van der Waals surface area contributed by atoms with E-state index in [-0.39, 0.29) is 5.82 Å². The van der Waals surface area contributed by atoms with Gasteiger partial charge in [-0.25, -0.2) is 0 Å². The van der Waals surface area contributed by atoms with Crippen LogP contribution in [0.15, 0.2) is 0 Å². The van der Waals surface area contributed by atoms with Crippen molar-refractivity contribution in [3.63, 3.8) is 0 Å². The van der Waals surface area contributed by atoms with Crippen LogP contribution < -0.4 is 4.90 Å². The minimum absolute atomic E-state index is 0.221. The molecule has 9 nitrogen and oxygen atoms in total. The van der Waals surface area contributed by atoms with Crippen molar-refractivity contribution >= 4 is 17.3 Å². The molecule has 2 rings (SSSR count). The number of nitrogens with zero attached hydrogens (tertiary/aromatic N) is 5. The SMILES string of the molecule is Cn1nc([N+](=O)[O-])c([N+](=O)[O-])c1N1CCCC1. The van der Waals surface area contributed by atoms with Crippen LogP contribution in [0.4, 0.5) is 17.3 Å². The van der Waals surface area contributed by atoms with Gasteiger partial charge in [0.2, 0.25) is 5.82 Å². The van der Waals surface area contributed by atoms with E-state index in [9.17, 15) is 20.2 Å². The first-order chi connectivity index (χ1) is 8.02. The fraction of sp³-hybridized carbons (Fsp3) is 0.625. The summed E-state index contributed by atoms with van der Waals surface area (Å²) in [5.41, 5.74) is -0.514. The number of rotatable bonds is 3. The Morgan fingerprint density at radius 2 is 1.76 bits per heavy atom. The minimum Gasteiger partial charge on any atom is -0.358 e. The summed E-state index contributed by atoms with van der Waals surface area (Å²) in [5.74, 6) is -0.474. The highest BCUT2D eigenvalue weighted by atomic mass is 16.6. The summed E-state index contributed by atoms with van der Waals surface area (Å²) in [6, 6.07) is 0. The third-order valence-electron chi connectivity index (χ3n) is 2.74.